The molecule has 0 bridgehead atoms. The minimum atomic E-state index is -3.59. The van der Waals surface area contributed by atoms with Gasteiger partial charge in [-0.05, 0) is 56.9 Å². The quantitative estimate of drug-likeness (QED) is 0.372. The fourth-order valence-corrected chi connectivity index (χ4v) is 5.16. The molecule has 0 heterocycles. The van der Waals surface area contributed by atoms with Gasteiger partial charge in [0.1, 0.15) is 6.04 Å². The first-order valence-corrected chi connectivity index (χ1v) is 14.5. The molecule has 0 unspecified atom stereocenters. The van der Waals surface area contributed by atoms with Gasteiger partial charge in [-0.3, -0.25) is 13.9 Å². The van der Waals surface area contributed by atoms with Crippen LogP contribution in [-0.2, 0) is 26.2 Å². The number of rotatable bonds is 13. The lowest BCUT2D eigenvalue weighted by atomic mass is 10.1. The number of benzene rings is 2. The van der Waals surface area contributed by atoms with Crippen LogP contribution in [0.15, 0.2) is 42.5 Å². The van der Waals surface area contributed by atoms with Gasteiger partial charge in [-0.15, -0.1) is 0 Å². The highest BCUT2D eigenvalue weighted by Gasteiger charge is 2.27. The van der Waals surface area contributed by atoms with Crippen molar-refractivity contribution in [1.29, 1.82) is 0 Å². The van der Waals surface area contributed by atoms with Gasteiger partial charge in [0.05, 0.1) is 11.9 Å². The maximum atomic E-state index is 13.4. The first kappa shape index (κ1) is 29.6. The van der Waals surface area contributed by atoms with Gasteiger partial charge in [-0.2, -0.15) is 0 Å². The molecule has 2 aromatic carbocycles. The Morgan fingerprint density at radius 2 is 1.78 bits per heavy atom. The summed E-state index contributed by atoms with van der Waals surface area (Å²) < 4.78 is 26.4. The standard InChI is InChI=1S/C27H38ClN3O4S/c1-6-7-16-29-27(33)22(4)30(19-23-12-8-11-20(2)18-23)26(32)15-10-17-31(36(5,34)35)25-14-9-13-24(28)21(25)3/h8-9,11-14,18,22H,6-7,10,15-17,19H2,1-5H3,(H,29,33)/t22-/m1/s1. The first-order valence-electron chi connectivity index (χ1n) is 12.3. The maximum absolute atomic E-state index is 13.4. The van der Waals surface area contributed by atoms with Crippen molar-refractivity contribution < 1.29 is 18.0 Å². The lowest BCUT2D eigenvalue weighted by Crippen LogP contribution is -2.48. The van der Waals surface area contributed by atoms with Gasteiger partial charge in [0, 0.05) is 31.1 Å². The van der Waals surface area contributed by atoms with Crippen molar-refractivity contribution in [2.45, 2.75) is 66.0 Å². The zero-order chi connectivity index (χ0) is 26.9. The SMILES string of the molecule is CCCCNC(=O)[C@@H](C)N(Cc1cccc(C)c1)C(=O)CCCN(c1cccc(Cl)c1C)S(C)(=O)=O. The van der Waals surface area contributed by atoms with Crippen LogP contribution in [0.1, 0.15) is 56.2 Å². The second kappa shape index (κ2) is 13.7. The molecular weight excluding hydrogens is 498 g/mol. The Kier molecular flexibility index (Phi) is 11.2. The molecule has 0 saturated heterocycles. The van der Waals surface area contributed by atoms with Gasteiger partial charge in [0.2, 0.25) is 21.8 Å². The Labute approximate surface area is 220 Å². The van der Waals surface area contributed by atoms with Crippen LogP contribution in [0.5, 0.6) is 0 Å². The molecule has 2 amide bonds. The zero-order valence-electron chi connectivity index (χ0n) is 21.9. The van der Waals surface area contributed by atoms with Crippen molar-refractivity contribution in [2.75, 3.05) is 23.7 Å². The van der Waals surface area contributed by atoms with Crippen LogP contribution in [0.2, 0.25) is 5.02 Å². The monoisotopic (exact) mass is 535 g/mol. The van der Waals surface area contributed by atoms with E-state index in [2.05, 4.69) is 5.32 Å². The van der Waals surface area contributed by atoms with Gasteiger partial charge >= 0.3 is 0 Å². The van der Waals surface area contributed by atoms with Gasteiger partial charge in [-0.25, -0.2) is 8.42 Å². The fourth-order valence-electron chi connectivity index (χ4n) is 3.97. The molecule has 0 radical (unpaired) electrons. The lowest BCUT2D eigenvalue weighted by Gasteiger charge is -2.30. The highest BCUT2D eigenvalue weighted by molar-refractivity contribution is 7.92. The molecule has 2 aromatic rings. The Morgan fingerprint density at radius 1 is 1.08 bits per heavy atom. The number of hydrogen-bond acceptors (Lipinski definition) is 4. The van der Waals surface area contributed by atoms with Crippen LogP contribution >= 0.6 is 11.6 Å². The number of unbranched alkanes of at least 4 members (excludes halogenated alkanes) is 1. The summed E-state index contributed by atoms with van der Waals surface area (Å²) in [6.45, 7) is 8.51. The average molecular weight is 536 g/mol. The second-order valence-corrected chi connectivity index (χ2v) is 11.5. The van der Waals surface area contributed by atoms with Gasteiger partial charge in [-0.1, -0.05) is 60.8 Å². The molecule has 9 heteroatoms. The normalized spacial score (nSPS) is 12.2. The molecule has 0 aliphatic rings. The molecule has 2 rings (SSSR count). The molecule has 0 spiro atoms. The average Bonchev–Trinajstić information content (AvgIpc) is 2.81. The van der Waals surface area contributed by atoms with Crippen LogP contribution in [0.25, 0.3) is 0 Å². The molecular formula is C27H38ClN3O4S. The topological polar surface area (TPSA) is 86.8 Å². The van der Waals surface area contributed by atoms with Crippen molar-refractivity contribution in [3.8, 4) is 0 Å². The van der Waals surface area contributed by atoms with Crippen LogP contribution in [0.4, 0.5) is 5.69 Å². The highest BCUT2D eigenvalue weighted by atomic mass is 35.5. The number of hydrogen-bond donors (Lipinski definition) is 1. The molecule has 0 aliphatic carbocycles. The van der Waals surface area contributed by atoms with Crippen LogP contribution < -0.4 is 9.62 Å². The van der Waals surface area contributed by atoms with Crippen LogP contribution in [0, 0.1) is 13.8 Å². The molecule has 1 N–H and O–H groups in total. The third-order valence-electron chi connectivity index (χ3n) is 6.09. The minimum absolute atomic E-state index is 0.101. The first-order chi connectivity index (χ1) is 17.0. The number of aryl methyl sites for hydroxylation is 1. The van der Waals surface area contributed by atoms with E-state index in [4.69, 9.17) is 11.6 Å². The number of nitrogens with one attached hydrogen (secondary N) is 1. The predicted octanol–water partition coefficient (Wildman–Crippen LogP) is 4.84. The molecule has 36 heavy (non-hydrogen) atoms. The van der Waals surface area contributed by atoms with E-state index in [9.17, 15) is 18.0 Å². The van der Waals surface area contributed by atoms with Crippen LogP contribution in [0.3, 0.4) is 0 Å². The minimum Gasteiger partial charge on any atom is -0.354 e. The summed E-state index contributed by atoms with van der Waals surface area (Å²) in [5.41, 5.74) is 3.16. The van der Waals surface area contributed by atoms with E-state index in [1.54, 1.807) is 36.9 Å². The smallest absolute Gasteiger partial charge is 0.242 e. The molecule has 7 nitrogen and oxygen atoms in total. The molecule has 0 saturated carbocycles. The van der Waals surface area contributed by atoms with Crippen molar-refractivity contribution in [3.05, 3.63) is 64.2 Å². The summed E-state index contributed by atoms with van der Waals surface area (Å²) in [4.78, 5) is 27.7. The van der Waals surface area contributed by atoms with Crippen molar-refractivity contribution in [3.63, 3.8) is 0 Å². The molecule has 0 aromatic heterocycles. The van der Waals surface area contributed by atoms with E-state index in [0.29, 0.717) is 35.8 Å². The zero-order valence-corrected chi connectivity index (χ0v) is 23.5. The Balaban J connectivity index is 2.18. The van der Waals surface area contributed by atoms with E-state index >= 15 is 0 Å². The molecule has 198 valence electrons. The van der Waals surface area contributed by atoms with Crippen LogP contribution in [-0.4, -0.2) is 50.5 Å². The molecule has 0 aliphatic heterocycles. The van der Waals surface area contributed by atoms with E-state index in [1.165, 1.54) is 4.31 Å². The van der Waals surface area contributed by atoms with E-state index in [1.807, 2.05) is 38.1 Å². The summed E-state index contributed by atoms with van der Waals surface area (Å²) in [7, 11) is -3.59. The summed E-state index contributed by atoms with van der Waals surface area (Å²) in [6.07, 6.45) is 3.37. The second-order valence-electron chi connectivity index (χ2n) is 9.15. The fraction of sp³-hybridized carbons (Fsp3) is 0.481. The van der Waals surface area contributed by atoms with E-state index in [0.717, 1.165) is 30.2 Å². The number of anilines is 1. The Hall–Kier alpha value is -2.58. The van der Waals surface area contributed by atoms with Crippen molar-refractivity contribution >= 4 is 39.1 Å². The summed E-state index contributed by atoms with van der Waals surface area (Å²) >= 11 is 6.21. The van der Waals surface area contributed by atoms with Gasteiger partial charge in [0.25, 0.3) is 0 Å². The van der Waals surface area contributed by atoms with Gasteiger partial charge in [0.15, 0.2) is 0 Å². The molecule has 1 atom stereocenters. The largest absolute Gasteiger partial charge is 0.354 e. The van der Waals surface area contributed by atoms with E-state index in [-0.39, 0.29) is 24.8 Å². The summed E-state index contributed by atoms with van der Waals surface area (Å²) in [5.74, 6) is -0.400. The predicted molar refractivity (Wildman–Crippen MR) is 147 cm³/mol. The van der Waals surface area contributed by atoms with E-state index < -0.39 is 16.1 Å². The van der Waals surface area contributed by atoms with Crippen molar-refractivity contribution in [1.82, 2.24) is 10.2 Å². The Morgan fingerprint density at radius 3 is 2.42 bits per heavy atom. The summed E-state index contributed by atoms with van der Waals surface area (Å²) in [6, 6.07) is 12.3. The maximum Gasteiger partial charge on any atom is 0.242 e. The number of carbonyl (C=O) groups excluding carboxylic acids is 2. The van der Waals surface area contributed by atoms with Gasteiger partial charge < -0.3 is 10.2 Å². The number of amides is 2. The summed E-state index contributed by atoms with van der Waals surface area (Å²) in [5, 5.41) is 3.39. The number of carbonyl (C=O) groups is 2. The third kappa shape index (κ3) is 8.52. The third-order valence-corrected chi connectivity index (χ3v) is 7.68. The number of sulfonamides is 1. The number of nitrogens with zero attached hydrogens (tertiary/aromatic N) is 2. The van der Waals surface area contributed by atoms with Crippen molar-refractivity contribution in [2.24, 2.45) is 0 Å². The lowest BCUT2D eigenvalue weighted by molar-refractivity contribution is -0.140. The molecule has 0 fully saturated rings. The Bertz CT molecular complexity index is 1150. The highest BCUT2D eigenvalue weighted by Crippen LogP contribution is 2.28. The number of halogens is 1.